The van der Waals surface area contributed by atoms with Crippen LogP contribution in [0.15, 0.2) is 18.2 Å². The lowest BCUT2D eigenvalue weighted by Gasteiger charge is -2.32. The number of halogens is 2. The van der Waals surface area contributed by atoms with E-state index in [4.69, 9.17) is 9.31 Å². The maximum absolute atomic E-state index is 13.2. The fraction of sp³-hybridized carbons (Fsp3) is 0.538. The number of benzene rings is 1. The third kappa shape index (κ3) is 2.17. The van der Waals surface area contributed by atoms with Gasteiger partial charge in [0.25, 0.3) is 0 Å². The van der Waals surface area contributed by atoms with E-state index in [-0.39, 0.29) is 5.56 Å². The lowest BCUT2D eigenvalue weighted by molar-refractivity contribution is 0.00578. The Balaban J connectivity index is 2.30. The number of hydrogen-bond donors (Lipinski definition) is 0. The van der Waals surface area contributed by atoms with Crippen LogP contribution < -0.4 is 5.46 Å². The van der Waals surface area contributed by atoms with Crippen LogP contribution in [-0.4, -0.2) is 18.3 Å². The SMILES string of the molecule is CC1(C)OB(c2ccc(F)c(CF)c2)OC1(C)C. The van der Waals surface area contributed by atoms with E-state index in [1.54, 1.807) is 6.07 Å². The summed E-state index contributed by atoms with van der Waals surface area (Å²) in [6.45, 7) is 6.91. The van der Waals surface area contributed by atoms with Gasteiger partial charge in [0.1, 0.15) is 12.5 Å². The average molecular weight is 254 g/mol. The Morgan fingerprint density at radius 1 is 1.11 bits per heavy atom. The quantitative estimate of drug-likeness (QED) is 0.755. The zero-order valence-corrected chi connectivity index (χ0v) is 11.1. The van der Waals surface area contributed by atoms with Crippen LogP contribution in [0.1, 0.15) is 33.3 Å². The minimum absolute atomic E-state index is 0.0298. The van der Waals surface area contributed by atoms with E-state index in [0.29, 0.717) is 5.46 Å². The summed E-state index contributed by atoms with van der Waals surface area (Å²) >= 11 is 0. The lowest BCUT2D eigenvalue weighted by Crippen LogP contribution is -2.41. The molecule has 1 aliphatic rings. The predicted molar refractivity (Wildman–Crippen MR) is 66.9 cm³/mol. The molecule has 1 aromatic rings. The summed E-state index contributed by atoms with van der Waals surface area (Å²) in [6.07, 6.45) is 0. The van der Waals surface area contributed by atoms with E-state index >= 15 is 0 Å². The van der Waals surface area contributed by atoms with E-state index in [2.05, 4.69) is 0 Å². The highest BCUT2D eigenvalue weighted by Crippen LogP contribution is 2.36. The van der Waals surface area contributed by atoms with Crippen LogP contribution in [-0.2, 0) is 16.0 Å². The topological polar surface area (TPSA) is 18.5 Å². The zero-order chi connectivity index (χ0) is 13.6. The van der Waals surface area contributed by atoms with Crippen LogP contribution in [0, 0.1) is 5.82 Å². The Hall–Kier alpha value is -0.935. The summed E-state index contributed by atoms with van der Waals surface area (Å²) in [6, 6.07) is 4.27. The molecule has 0 spiro atoms. The van der Waals surface area contributed by atoms with E-state index in [0.717, 1.165) is 0 Å². The normalized spacial score (nSPS) is 21.3. The van der Waals surface area contributed by atoms with Crippen LogP contribution in [0.3, 0.4) is 0 Å². The van der Waals surface area contributed by atoms with Crippen molar-refractivity contribution >= 4 is 12.6 Å². The third-order valence-electron chi connectivity index (χ3n) is 3.74. The molecule has 0 atom stereocenters. The van der Waals surface area contributed by atoms with Crippen molar-refractivity contribution in [3.05, 3.63) is 29.6 Å². The van der Waals surface area contributed by atoms with E-state index in [1.165, 1.54) is 12.1 Å². The summed E-state index contributed by atoms with van der Waals surface area (Å²) in [4.78, 5) is 0. The average Bonchev–Trinajstić information content (AvgIpc) is 2.49. The van der Waals surface area contributed by atoms with Crippen LogP contribution >= 0.6 is 0 Å². The van der Waals surface area contributed by atoms with Crippen molar-refractivity contribution in [3.63, 3.8) is 0 Å². The molecule has 1 aliphatic heterocycles. The van der Waals surface area contributed by atoms with Crippen molar-refractivity contribution in [2.24, 2.45) is 0 Å². The number of hydrogen-bond acceptors (Lipinski definition) is 2. The molecular formula is C13H17BF2O2. The molecule has 0 bridgehead atoms. The van der Waals surface area contributed by atoms with E-state index < -0.39 is 30.8 Å². The van der Waals surface area contributed by atoms with Crippen molar-refractivity contribution in [2.45, 2.75) is 45.6 Å². The summed E-state index contributed by atoms with van der Waals surface area (Å²) in [7, 11) is -0.583. The van der Waals surface area contributed by atoms with Gasteiger partial charge in [0, 0.05) is 5.56 Å². The summed E-state index contributed by atoms with van der Waals surface area (Å²) in [5, 5.41) is 0. The van der Waals surface area contributed by atoms with Gasteiger partial charge in [-0.1, -0.05) is 12.1 Å². The first kappa shape index (κ1) is 13.5. The highest BCUT2D eigenvalue weighted by Gasteiger charge is 2.51. The first-order valence-electron chi connectivity index (χ1n) is 5.97. The first-order chi connectivity index (χ1) is 8.27. The second kappa shape index (κ2) is 4.32. The Morgan fingerprint density at radius 2 is 1.67 bits per heavy atom. The molecule has 0 amide bonds. The largest absolute Gasteiger partial charge is 0.494 e. The molecule has 0 unspecified atom stereocenters. The van der Waals surface area contributed by atoms with Crippen molar-refractivity contribution in [1.82, 2.24) is 0 Å². The molecule has 1 saturated heterocycles. The minimum atomic E-state index is -0.834. The molecule has 1 heterocycles. The van der Waals surface area contributed by atoms with Gasteiger partial charge in [0.05, 0.1) is 11.2 Å². The monoisotopic (exact) mass is 254 g/mol. The minimum Gasteiger partial charge on any atom is -0.399 e. The summed E-state index contributed by atoms with van der Waals surface area (Å²) in [5.74, 6) is -0.544. The first-order valence-corrected chi connectivity index (χ1v) is 5.97. The molecule has 0 aliphatic carbocycles. The van der Waals surface area contributed by atoms with Gasteiger partial charge in [0.2, 0.25) is 0 Å². The molecule has 2 nitrogen and oxygen atoms in total. The maximum Gasteiger partial charge on any atom is 0.494 e. The van der Waals surface area contributed by atoms with Crippen LogP contribution in [0.4, 0.5) is 8.78 Å². The zero-order valence-electron chi connectivity index (χ0n) is 11.1. The second-order valence-electron chi connectivity index (χ2n) is 5.57. The molecule has 0 aromatic heterocycles. The van der Waals surface area contributed by atoms with E-state index in [9.17, 15) is 8.78 Å². The second-order valence-corrected chi connectivity index (χ2v) is 5.57. The standard InChI is InChI=1S/C13H17BF2O2/c1-12(2)13(3,4)18-14(17-12)10-5-6-11(16)9(7-10)8-15/h5-7H,8H2,1-4H3. The van der Waals surface area contributed by atoms with Gasteiger partial charge in [-0.15, -0.1) is 0 Å². The van der Waals surface area contributed by atoms with Gasteiger partial charge in [-0.25, -0.2) is 8.78 Å². The van der Waals surface area contributed by atoms with Crippen LogP contribution in [0.2, 0.25) is 0 Å². The Morgan fingerprint density at radius 3 is 2.17 bits per heavy atom. The van der Waals surface area contributed by atoms with Crippen LogP contribution in [0.5, 0.6) is 0 Å². The molecule has 98 valence electrons. The summed E-state index contributed by atoms with van der Waals surface area (Å²) < 4.78 is 37.5. The molecule has 1 aromatic carbocycles. The highest BCUT2D eigenvalue weighted by atomic mass is 19.1. The Kier molecular flexibility index (Phi) is 3.24. The molecule has 0 N–H and O–H groups in total. The molecule has 0 radical (unpaired) electrons. The fourth-order valence-corrected chi connectivity index (χ4v) is 1.82. The molecular weight excluding hydrogens is 237 g/mol. The van der Waals surface area contributed by atoms with Gasteiger partial charge >= 0.3 is 7.12 Å². The molecule has 18 heavy (non-hydrogen) atoms. The molecule has 1 fully saturated rings. The third-order valence-corrected chi connectivity index (χ3v) is 3.74. The molecule has 2 rings (SSSR count). The smallest absolute Gasteiger partial charge is 0.399 e. The van der Waals surface area contributed by atoms with Gasteiger partial charge < -0.3 is 9.31 Å². The van der Waals surface area contributed by atoms with Gasteiger partial charge in [-0.2, -0.15) is 0 Å². The van der Waals surface area contributed by atoms with Crippen LogP contribution in [0.25, 0.3) is 0 Å². The summed E-state index contributed by atoms with van der Waals surface area (Å²) in [5.41, 5.74) is -0.242. The molecule has 0 saturated carbocycles. The fourth-order valence-electron chi connectivity index (χ4n) is 1.82. The number of alkyl halides is 1. The highest BCUT2D eigenvalue weighted by molar-refractivity contribution is 6.62. The Bertz CT molecular complexity index is 444. The maximum atomic E-state index is 13.2. The van der Waals surface area contributed by atoms with Gasteiger partial charge in [0.15, 0.2) is 0 Å². The van der Waals surface area contributed by atoms with E-state index in [1.807, 2.05) is 27.7 Å². The number of rotatable bonds is 2. The van der Waals surface area contributed by atoms with Gasteiger partial charge in [-0.3, -0.25) is 0 Å². The molecule has 5 heteroatoms. The Labute approximate surface area is 106 Å². The van der Waals surface area contributed by atoms with Gasteiger partial charge in [-0.05, 0) is 39.2 Å². The van der Waals surface area contributed by atoms with Crippen molar-refractivity contribution in [2.75, 3.05) is 0 Å². The lowest BCUT2D eigenvalue weighted by atomic mass is 9.78. The van der Waals surface area contributed by atoms with Crippen molar-refractivity contribution in [1.29, 1.82) is 0 Å². The van der Waals surface area contributed by atoms with Crippen molar-refractivity contribution < 1.29 is 18.1 Å². The van der Waals surface area contributed by atoms with Crippen molar-refractivity contribution in [3.8, 4) is 0 Å². The predicted octanol–water partition coefficient (Wildman–Crippen LogP) is 2.59.